The quantitative estimate of drug-likeness (QED) is 0.671. The van der Waals surface area contributed by atoms with Crippen LogP contribution in [0.25, 0.3) is 0 Å². The van der Waals surface area contributed by atoms with Crippen LogP contribution >= 0.6 is 0 Å². The molecule has 0 aliphatic heterocycles. The van der Waals surface area contributed by atoms with Crippen molar-refractivity contribution in [1.82, 2.24) is 4.57 Å². The van der Waals surface area contributed by atoms with Gasteiger partial charge in [-0.1, -0.05) is 50.3 Å². The molecular weight excluding hydrogens is 186 g/mol. The van der Waals surface area contributed by atoms with Gasteiger partial charge in [-0.25, -0.2) is 0 Å². The highest BCUT2D eigenvalue weighted by Crippen LogP contribution is 2.02. The zero-order valence-electron chi connectivity index (χ0n) is 9.53. The zero-order chi connectivity index (χ0) is 10.4. The lowest BCUT2D eigenvalue weighted by Gasteiger charge is -2.23. The van der Waals surface area contributed by atoms with Crippen LogP contribution in [0, 0.1) is 0 Å². The monoisotopic (exact) mass is 207 g/mol. The van der Waals surface area contributed by atoms with Crippen molar-refractivity contribution in [3.8, 4) is 0 Å². The Balaban J connectivity index is 2.40. The summed E-state index contributed by atoms with van der Waals surface area (Å²) < 4.78 is 2.63. The van der Waals surface area contributed by atoms with Crippen molar-refractivity contribution in [2.45, 2.75) is 26.4 Å². The smallest absolute Gasteiger partial charge is 0.105 e. The van der Waals surface area contributed by atoms with E-state index in [0.717, 1.165) is 0 Å². The van der Waals surface area contributed by atoms with Crippen LogP contribution in [0.5, 0.6) is 0 Å². The summed E-state index contributed by atoms with van der Waals surface area (Å²) in [6, 6.07) is 10.8. The number of likely N-dealkylation sites (N-methyl/N-ethyl adjacent to an activating group) is 1. The van der Waals surface area contributed by atoms with Crippen LogP contribution in [-0.2, 0) is 6.42 Å². The second kappa shape index (κ2) is 5.99. The number of hydrogen-bond acceptors (Lipinski definition) is 1. The molecule has 1 aromatic carbocycles. The summed E-state index contributed by atoms with van der Waals surface area (Å²) in [5.74, 6) is 0. The van der Waals surface area contributed by atoms with Crippen LogP contribution in [0.3, 0.4) is 0 Å². The molecule has 0 aliphatic rings. The summed E-state index contributed by atoms with van der Waals surface area (Å²) in [5.41, 5.74) is 1.46. The molecule has 0 saturated heterocycles. The van der Waals surface area contributed by atoms with E-state index in [1.807, 2.05) is 0 Å². The predicted octanol–water partition coefficient (Wildman–Crippen LogP) is 2.53. The molecule has 0 amide bonds. The Morgan fingerprint density at radius 2 is 1.79 bits per heavy atom. The largest absolute Gasteiger partial charge is 0.326 e. The minimum absolute atomic E-state index is 0.593. The third kappa shape index (κ3) is 3.64. The second-order valence-electron chi connectivity index (χ2n) is 3.96. The van der Waals surface area contributed by atoms with Gasteiger partial charge in [-0.05, 0) is 25.1 Å². The molecule has 0 aliphatic carbocycles. The molecule has 0 N–H and O–H groups in total. The normalized spacial score (nSPS) is 11.2. The van der Waals surface area contributed by atoms with Crippen LogP contribution in [0.4, 0.5) is 0 Å². The Morgan fingerprint density at radius 1 is 1.14 bits per heavy atom. The van der Waals surface area contributed by atoms with Gasteiger partial charge >= 0.3 is 0 Å². The highest BCUT2D eigenvalue weighted by atomic mass is 28.3. The first-order chi connectivity index (χ1) is 6.74. The first-order valence-electron chi connectivity index (χ1n) is 5.52. The lowest BCUT2D eigenvalue weighted by atomic mass is 10.1. The highest BCUT2D eigenvalue weighted by molar-refractivity contribution is 6.52. The topological polar surface area (TPSA) is 3.24 Å². The van der Waals surface area contributed by atoms with E-state index in [2.05, 4.69) is 54.9 Å². The van der Waals surface area contributed by atoms with Crippen LogP contribution in [0.15, 0.2) is 30.3 Å². The van der Waals surface area contributed by atoms with Crippen LogP contribution in [-0.4, -0.2) is 26.6 Å². The van der Waals surface area contributed by atoms with Crippen molar-refractivity contribution in [3.63, 3.8) is 0 Å². The Kier molecular flexibility index (Phi) is 4.91. The summed E-state index contributed by atoms with van der Waals surface area (Å²) in [7, 11) is -0.593. The third-order valence-corrected chi connectivity index (χ3v) is 4.75. The predicted molar refractivity (Wildman–Crippen MR) is 66.3 cm³/mol. The van der Waals surface area contributed by atoms with E-state index in [9.17, 15) is 0 Å². The number of rotatable bonds is 5. The average molecular weight is 207 g/mol. The number of benzene rings is 1. The van der Waals surface area contributed by atoms with E-state index >= 15 is 0 Å². The van der Waals surface area contributed by atoms with Gasteiger partial charge in [0.1, 0.15) is 8.96 Å². The van der Waals surface area contributed by atoms with Gasteiger partial charge < -0.3 is 4.57 Å². The molecule has 78 valence electrons. The average Bonchev–Trinajstić information content (AvgIpc) is 2.20. The molecule has 0 aromatic heterocycles. The van der Waals surface area contributed by atoms with Crippen molar-refractivity contribution in [2.24, 2.45) is 0 Å². The minimum Gasteiger partial charge on any atom is -0.326 e. The van der Waals surface area contributed by atoms with Gasteiger partial charge in [-0.15, -0.1) is 0 Å². The highest BCUT2D eigenvalue weighted by Gasteiger charge is 2.07. The fourth-order valence-corrected chi connectivity index (χ4v) is 3.07. The van der Waals surface area contributed by atoms with Crippen LogP contribution < -0.4 is 0 Å². The summed E-state index contributed by atoms with van der Waals surface area (Å²) in [4.78, 5) is 0. The first kappa shape index (κ1) is 11.5. The summed E-state index contributed by atoms with van der Waals surface area (Å²) in [6.45, 7) is 9.49. The van der Waals surface area contributed by atoms with Crippen molar-refractivity contribution in [2.75, 3.05) is 13.1 Å². The lowest BCUT2D eigenvalue weighted by molar-refractivity contribution is 0.462. The maximum Gasteiger partial charge on any atom is 0.105 e. The second-order valence-corrected chi connectivity index (χ2v) is 6.88. The van der Waals surface area contributed by atoms with E-state index < -0.39 is 8.96 Å². The molecule has 2 heteroatoms. The SMILES string of the molecule is CCN(CCc1ccccc1)[SiH](C)C. The van der Waals surface area contributed by atoms with Crippen LogP contribution in [0.2, 0.25) is 13.1 Å². The fraction of sp³-hybridized carbons (Fsp3) is 0.500. The van der Waals surface area contributed by atoms with Crippen molar-refractivity contribution >= 4 is 8.96 Å². The standard InChI is InChI=1S/C12H21NSi/c1-4-13(14(2)3)11-10-12-8-6-5-7-9-12/h5-9,14H,4,10-11H2,1-3H3. The summed E-state index contributed by atoms with van der Waals surface area (Å²) in [6.07, 6.45) is 1.19. The van der Waals surface area contributed by atoms with Gasteiger partial charge in [0.25, 0.3) is 0 Å². The molecule has 0 bridgehead atoms. The van der Waals surface area contributed by atoms with Gasteiger partial charge in [-0.2, -0.15) is 0 Å². The van der Waals surface area contributed by atoms with E-state index in [1.165, 1.54) is 25.1 Å². The van der Waals surface area contributed by atoms with Gasteiger partial charge in [0.2, 0.25) is 0 Å². The maximum absolute atomic E-state index is 2.63. The van der Waals surface area contributed by atoms with Crippen molar-refractivity contribution in [1.29, 1.82) is 0 Å². The molecule has 1 rings (SSSR count). The summed E-state index contributed by atoms with van der Waals surface area (Å²) >= 11 is 0. The van der Waals surface area contributed by atoms with E-state index in [1.54, 1.807) is 0 Å². The molecule has 0 unspecified atom stereocenters. The van der Waals surface area contributed by atoms with Gasteiger partial charge in [0, 0.05) is 0 Å². The zero-order valence-corrected chi connectivity index (χ0v) is 10.7. The van der Waals surface area contributed by atoms with Gasteiger partial charge in [0.15, 0.2) is 0 Å². The van der Waals surface area contributed by atoms with Crippen molar-refractivity contribution < 1.29 is 0 Å². The van der Waals surface area contributed by atoms with E-state index in [-0.39, 0.29) is 0 Å². The molecule has 1 nitrogen and oxygen atoms in total. The van der Waals surface area contributed by atoms with Gasteiger partial charge in [0.05, 0.1) is 0 Å². The van der Waals surface area contributed by atoms with E-state index in [0.29, 0.717) is 0 Å². The molecule has 0 fully saturated rings. The number of nitrogens with zero attached hydrogens (tertiary/aromatic N) is 1. The molecular formula is C12H21NSi. The Bertz CT molecular complexity index is 246. The van der Waals surface area contributed by atoms with E-state index in [4.69, 9.17) is 0 Å². The Hall–Kier alpha value is -0.603. The molecule has 1 aromatic rings. The molecule has 0 radical (unpaired) electrons. The van der Waals surface area contributed by atoms with Crippen LogP contribution in [0.1, 0.15) is 12.5 Å². The lowest BCUT2D eigenvalue weighted by Crippen LogP contribution is -2.35. The molecule has 0 spiro atoms. The first-order valence-corrected chi connectivity index (χ1v) is 8.34. The molecule has 0 saturated carbocycles. The molecule has 0 atom stereocenters. The maximum atomic E-state index is 2.63. The third-order valence-electron chi connectivity index (χ3n) is 2.67. The van der Waals surface area contributed by atoms with Gasteiger partial charge in [-0.3, -0.25) is 0 Å². The number of hydrogen-bond donors (Lipinski definition) is 0. The Labute approximate surface area is 89.4 Å². The fourth-order valence-electron chi connectivity index (χ4n) is 1.70. The minimum atomic E-state index is -0.593. The Morgan fingerprint density at radius 3 is 2.29 bits per heavy atom. The van der Waals surface area contributed by atoms with Crippen molar-refractivity contribution in [3.05, 3.63) is 35.9 Å². The molecule has 0 heterocycles. The summed E-state index contributed by atoms with van der Waals surface area (Å²) in [5, 5.41) is 0. The molecule has 14 heavy (non-hydrogen) atoms.